The van der Waals surface area contributed by atoms with Crippen LogP contribution in [0.5, 0.6) is 0 Å². The van der Waals surface area contributed by atoms with Gasteiger partial charge in [-0.05, 0) is 64.7 Å². The molecule has 0 amide bonds. The lowest BCUT2D eigenvalue weighted by molar-refractivity contribution is 0.671. The standard InChI is InChI=1S/C57H35N5O/c1-3-15-36(16-4-1)38-29-31-39(32-30-38)55-58-56(60-57(59-55)62-49-26-11-7-21-42(49)43-22-8-12-27-50(43)62)47-24-14-28-51-52(47)46-34-33-45-44-23-9-10-25-48(44)61(53(45)54(46)63-51)41-20-13-19-40(35-41)37-17-5-2-6-18-37/h1-35H. The molecular formula is C57H35N5O. The van der Waals surface area contributed by atoms with E-state index in [4.69, 9.17) is 19.4 Å². The topological polar surface area (TPSA) is 61.7 Å². The molecule has 4 aromatic heterocycles. The summed E-state index contributed by atoms with van der Waals surface area (Å²) in [4.78, 5) is 15.9. The number of para-hydroxylation sites is 3. The minimum atomic E-state index is 0.546. The second-order valence-corrected chi connectivity index (χ2v) is 16.0. The van der Waals surface area contributed by atoms with Gasteiger partial charge >= 0.3 is 0 Å². The summed E-state index contributed by atoms with van der Waals surface area (Å²) < 4.78 is 11.5. The SMILES string of the molecule is c1ccc(-c2ccc(-c3nc(-c4cccc5oc6c(ccc7c8ccccc8n(-c8cccc(-c9ccccc9)c8)c76)c45)nc(-n4c5ccccc5c5ccccc54)n3)cc2)cc1. The number of aromatic nitrogens is 5. The predicted molar refractivity (Wildman–Crippen MR) is 258 cm³/mol. The van der Waals surface area contributed by atoms with Gasteiger partial charge in [0.25, 0.3) is 0 Å². The molecule has 9 aromatic carbocycles. The van der Waals surface area contributed by atoms with Gasteiger partial charge in [-0.15, -0.1) is 0 Å². The zero-order valence-corrected chi connectivity index (χ0v) is 33.9. The van der Waals surface area contributed by atoms with Crippen molar-refractivity contribution in [3.05, 3.63) is 212 Å². The third-order valence-corrected chi connectivity index (χ3v) is 12.4. The maximum absolute atomic E-state index is 7.03. The molecule has 6 nitrogen and oxygen atoms in total. The fourth-order valence-corrected chi connectivity index (χ4v) is 9.54. The number of hydrogen-bond acceptors (Lipinski definition) is 4. The Morgan fingerprint density at radius 2 is 0.873 bits per heavy atom. The first-order valence-electron chi connectivity index (χ1n) is 21.2. The molecule has 13 rings (SSSR count). The lowest BCUT2D eigenvalue weighted by Gasteiger charge is -2.12. The van der Waals surface area contributed by atoms with Crippen molar-refractivity contribution in [2.75, 3.05) is 0 Å². The van der Waals surface area contributed by atoms with Gasteiger partial charge in [0.05, 0.1) is 22.1 Å². The van der Waals surface area contributed by atoms with Crippen LogP contribution >= 0.6 is 0 Å². The molecule has 0 saturated heterocycles. The molecule has 0 spiro atoms. The van der Waals surface area contributed by atoms with Crippen molar-refractivity contribution < 1.29 is 4.42 Å². The van der Waals surface area contributed by atoms with Gasteiger partial charge in [0.15, 0.2) is 17.2 Å². The van der Waals surface area contributed by atoms with Crippen LogP contribution in [0.4, 0.5) is 0 Å². The van der Waals surface area contributed by atoms with Crippen LogP contribution in [0, 0.1) is 0 Å². The van der Waals surface area contributed by atoms with Gasteiger partial charge in [0, 0.05) is 49.1 Å². The number of rotatable bonds is 6. The maximum Gasteiger partial charge on any atom is 0.238 e. The summed E-state index contributed by atoms with van der Waals surface area (Å²) in [5.74, 6) is 1.70. The second kappa shape index (κ2) is 14.0. The number of nitrogens with zero attached hydrogens (tertiary/aromatic N) is 5. The van der Waals surface area contributed by atoms with Crippen molar-refractivity contribution in [2.45, 2.75) is 0 Å². The van der Waals surface area contributed by atoms with Gasteiger partial charge in [-0.2, -0.15) is 9.97 Å². The molecule has 4 heterocycles. The quantitative estimate of drug-likeness (QED) is 0.168. The first-order chi connectivity index (χ1) is 31.2. The average Bonchev–Trinajstić information content (AvgIpc) is 4.03. The smallest absolute Gasteiger partial charge is 0.238 e. The van der Waals surface area contributed by atoms with Crippen LogP contribution in [0.15, 0.2) is 217 Å². The van der Waals surface area contributed by atoms with Gasteiger partial charge in [0.1, 0.15) is 5.58 Å². The molecule has 0 aliphatic heterocycles. The maximum atomic E-state index is 7.03. The van der Waals surface area contributed by atoms with Crippen molar-refractivity contribution in [1.82, 2.24) is 24.1 Å². The molecule has 0 bridgehead atoms. The van der Waals surface area contributed by atoms with E-state index >= 15 is 0 Å². The van der Waals surface area contributed by atoms with E-state index in [-0.39, 0.29) is 0 Å². The van der Waals surface area contributed by atoms with Gasteiger partial charge < -0.3 is 8.98 Å². The first-order valence-corrected chi connectivity index (χ1v) is 21.2. The van der Waals surface area contributed by atoms with E-state index in [0.29, 0.717) is 17.6 Å². The van der Waals surface area contributed by atoms with E-state index in [9.17, 15) is 0 Å². The first kappa shape index (κ1) is 35.2. The molecule has 13 aromatic rings. The Morgan fingerprint density at radius 1 is 0.349 bits per heavy atom. The fourth-order valence-electron chi connectivity index (χ4n) is 9.54. The summed E-state index contributed by atoms with van der Waals surface area (Å²) in [5.41, 5.74) is 13.2. The normalized spacial score (nSPS) is 11.8. The zero-order valence-electron chi connectivity index (χ0n) is 33.9. The highest BCUT2D eigenvalue weighted by molar-refractivity contribution is 6.23. The number of benzene rings is 9. The van der Waals surface area contributed by atoms with E-state index < -0.39 is 0 Å². The van der Waals surface area contributed by atoms with E-state index in [0.717, 1.165) is 99.1 Å². The van der Waals surface area contributed by atoms with E-state index in [1.807, 2.05) is 18.2 Å². The minimum Gasteiger partial charge on any atom is -0.454 e. The van der Waals surface area contributed by atoms with Crippen LogP contribution in [0.3, 0.4) is 0 Å². The van der Waals surface area contributed by atoms with Crippen molar-refractivity contribution >= 4 is 65.6 Å². The molecule has 0 fully saturated rings. The Hall–Kier alpha value is -8.61. The highest BCUT2D eigenvalue weighted by Crippen LogP contribution is 2.43. The summed E-state index contributed by atoms with van der Waals surface area (Å²) in [6, 6.07) is 74.3. The average molecular weight is 806 g/mol. The Balaban J connectivity index is 1.06. The molecule has 0 aliphatic carbocycles. The minimum absolute atomic E-state index is 0.546. The highest BCUT2D eigenvalue weighted by Gasteiger charge is 2.23. The Kier molecular flexibility index (Phi) is 7.80. The number of furan rings is 1. The number of hydrogen-bond donors (Lipinski definition) is 0. The Morgan fingerprint density at radius 3 is 1.57 bits per heavy atom. The van der Waals surface area contributed by atoms with Crippen LogP contribution in [0.2, 0.25) is 0 Å². The van der Waals surface area contributed by atoms with Gasteiger partial charge in [-0.1, -0.05) is 170 Å². The van der Waals surface area contributed by atoms with E-state index in [1.54, 1.807) is 0 Å². The fraction of sp³-hybridized carbons (Fsp3) is 0. The number of fused-ring (bicyclic) bond motifs is 10. The van der Waals surface area contributed by atoms with Crippen LogP contribution in [0.1, 0.15) is 0 Å². The summed E-state index contributed by atoms with van der Waals surface area (Å²) >= 11 is 0. The molecule has 0 saturated carbocycles. The second-order valence-electron chi connectivity index (χ2n) is 16.0. The molecule has 63 heavy (non-hydrogen) atoms. The largest absolute Gasteiger partial charge is 0.454 e. The molecule has 0 atom stereocenters. The molecule has 0 radical (unpaired) electrons. The van der Waals surface area contributed by atoms with E-state index in [1.165, 1.54) is 5.56 Å². The zero-order chi connectivity index (χ0) is 41.4. The molecule has 294 valence electrons. The van der Waals surface area contributed by atoms with Gasteiger partial charge in [-0.3, -0.25) is 4.57 Å². The van der Waals surface area contributed by atoms with Crippen molar-refractivity contribution in [3.8, 4) is 56.7 Å². The van der Waals surface area contributed by atoms with Gasteiger partial charge in [-0.25, -0.2) is 4.98 Å². The highest BCUT2D eigenvalue weighted by atomic mass is 16.3. The Labute approximate surface area is 361 Å². The molecule has 0 N–H and O–H groups in total. The third kappa shape index (κ3) is 5.55. The lowest BCUT2D eigenvalue weighted by atomic mass is 10.0. The molecule has 0 aliphatic rings. The molecular weight excluding hydrogens is 771 g/mol. The lowest BCUT2D eigenvalue weighted by Crippen LogP contribution is -2.06. The van der Waals surface area contributed by atoms with Crippen molar-refractivity contribution in [2.24, 2.45) is 0 Å². The van der Waals surface area contributed by atoms with Crippen LogP contribution in [0.25, 0.3) is 122 Å². The van der Waals surface area contributed by atoms with E-state index in [2.05, 4.69) is 203 Å². The molecule has 6 heteroatoms. The third-order valence-electron chi connectivity index (χ3n) is 12.4. The van der Waals surface area contributed by atoms with Crippen molar-refractivity contribution in [3.63, 3.8) is 0 Å². The van der Waals surface area contributed by atoms with Crippen molar-refractivity contribution in [1.29, 1.82) is 0 Å². The summed E-state index contributed by atoms with van der Waals surface area (Å²) in [6.45, 7) is 0. The molecule has 0 unspecified atom stereocenters. The van der Waals surface area contributed by atoms with Crippen LogP contribution in [-0.4, -0.2) is 24.1 Å². The summed E-state index contributed by atoms with van der Waals surface area (Å²) in [6.07, 6.45) is 0. The summed E-state index contributed by atoms with van der Waals surface area (Å²) in [7, 11) is 0. The van der Waals surface area contributed by atoms with Crippen LogP contribution < -0.4 is 0 Å². The monoisotopic (exact) mass is 805 g/mol. The van der Waals surface area contributed by atoms with Gasteiger partial charge in [0.2, 0.25) is 5.95 Å². The predicted octanol–water partition coefficient (Wildman–Crippen LogP) is 14.6. The Bertz CT molecular complexity index is 3850. The summed E-state index contributed by atoms with van der Waals surface area (Å²) in [5, 5.41) is 6.51. The van der Waals surface area contributed by atoms with Crippen LogP contribution in [-0.2, 0) is 0 Å².